The van der Waals surface area contributed by atoms with E-state index in [0.29, 0.717) is 24.1 Å². The van der Waals surface area contributed by atoms with E-state index in [1.54, 1.807) is 24.3 Å². The molecule has 4 N–H and O–H groups in total. The van der Waals surface area contributed by atoms with Crippen LogP contribution in [-0.4, -0.2) is 49.0 Å². The number of hydrogen-bond acceptors (Lipinski definition) is 6. The Morgan fingerprint density at radius 1 is 1.23 bits per heavy atom. The van der Waals surface area contributed by atoms with E-state index in [-0.39, 0.29) is 22.1 Å². The zero-order chi connectivity index (χ0) is 21.9. The number of hydrogen-bond donors (Lipinski definition) is 4. The summed E-state index contributed by atoms with van der Waals surface area (Å²) in [4.78, 5) is 23.3. The second-order valence-electron chi connectivity index (χ2n) is 7.01. The van der Waals surface area contributed by atoms with Crippen molar-refractivity contribution in [1.29, 1.82) is 0 Å². The minimum absolute atomic E-state index is 0.0621. The van der Waals surface area contributed by atoms with Crippen molar-refractivity contribution >= 4 is 33.4 Å². The number of halogens is 1. The lowest BCUT2D eigenvalue weighted by atomic mass is 9.97. The third kappa shape index (κ3) is 5.24. The van der Waals surface area contributed by atoms with Gasteiger partial charge in [-0.2, -0.15) is 4.72 Å². The van der Waals surface area contributed by atoms with Crippen molar-refractivity contribution < 1.29 is 28.2 Å². The molecule has 8 nitrogen and oxygen atoms in total. The number of sulfonamides is 1. The van der Waals surface area contributed by atoms with Gasteiger partial charge in [0.2, 0.25) is 10.0 Å². The molecule has 2 unspecified atom stereocenters. The lowest BCUT2D eigenvalue weighted by Gasteiger charge is -2.18. The van der Waals surface area contributed by atoms with Gasteiger partial charge in [-0.3, -0.25) is 9.59 Å². The molecule has 1 fully saturated rings. The zero-order valence-corrected chi connectivity index (χ0v) is 17.4. The van der Waals surface area contributed by atoms with Crippen molar-refractivity contribution in [3.63, 3.8) is 0 Å². The van der Waals surface area contributed by atoms with Crippen LogP contribution in [0.1, 0.15) is 23.7 Å². The molecule has 0 spiro atoms. The standard InChI is InChI=1S/C20H21ClN2O6S/c21-14-2-1-3-15(11-14)30(28,29)23-16(20(26)27)10-12-4-6-13(7-5-12)19(25)18-17(24)8-9-22-18/h1-7,11,16,18-19,22-23,25H,8-10H2,(H,26,27)/t16-,18?,19?/m0/s1. The number of aliphatic carboxylic acids is 1. The van der Waals surface area contributed by atoms with E-state index in [4.69, 9.17) is 11.6 Å². The Bertz CT molecular complexity index is 1040. The van der Waals surface area contributed by atoms with Crippen LogP contribution in [0.5, 0.6) is 0 Å². The van der Waals surface area contributed by atoms with E-state index < -0.39 is 34.2 Å². The highest BCUT2D eigenvalue weighted by molar-refractivity contribution is 7.89. The van der Waals surface area contributed by atoms with Gasteiger partial charge in [-0.15, -0.1) is 0 Å². The van der Waals surface area contributed by atoms with Crippen LogP contribution < -0.4 is 10.0 Å². The maximum Gasteiger partial charge on any atom is 0.322 e. The molecular formula is C20H21ClN2O6S. The number of rotatable bonds is 8. The van der Waals surface area contributed by atoms with Gasteiger partial charge in [-0.25, -0.2) is 8.42 Å². The van der Waals surface area contributed by atoms with Gasteiger partial charge >= 0.3 is 5.97 Å². The first-order valence-electron chi connectivity index (χ1n) is 9.21. The van der Waals surface area contributed by atoms with Gasteiger partial charge in [0.25, 0.3) is 0 Å². The SMILES string of the molecule is O=C1CCNC1C(O)c1ccc(C[C@H](NS(=O)(=O)c2cccc(Cl)c2)C(=O)O)cc1. The van der Waals surface area contributed by atoms with Crippen LogP contribution in [-0.2, 0) is 26.0 Å². The Hall–Kier alpha value is -2.30. The van der Waals surface area contributed by atoms with E-state index in [1.807, 2.05) is 0 Å². The monoisotopic (exact) mass is 452 g/mol. The molecule has 0 amide bonds. The average molecular weight is 453 g/mol. The normalized spacial score (nSPS) is 18.9. The molecule has 0 saturated carbocycles. The second kappa shape index (κ2) is 9.23. The van der Waals surface area contributed by atoms with E-state index in [1.165, 1.54) is 24.3 Å². The smallest absolute Gasteiger partial charge is 0.322 e. The number of ketones is 1. The molecule has 2 aromatic rings. The Kier molecular flexibility index (Phi) is 6.89. The molecule has 0 aliphatic carbocycles. The Morgan fingerprint density at radius 2 is 1.93 bits per heavy atom. The first-order chi connectivity index (χ1) is 14.2. The topological polar surface area (TPSA) is 133 Å². The molecule has 10 heteroatoms. The number of carboxylic acid groups (broad SMARTS) is 1. The van der Waals surface area contributed by atoms with Crippen molar-refractivity contribution in [2.45, 2.75) is 35.9 Å². The van der Waals surface area contributed by atoms with Crippen molar-refractivity contribution in [2.75, 3.05) is 6.54 Å². The largest absolute Gasteiger partial charge is 0.480 e. The molecule has 30 heavy (non-hydrogen) atoms. The van der Waals surface area contributed by atoms with Gasteiger partial charge in [0.1, 0.15) is 12.1 Å². The quantitative estimate of drug-likeness (QED) is 0.474. The van der Waals surface area contributed by atoms with Crippen molar-refractivity contribution in [1.82, 2.24) is 10.0 Å². The second-order valence-corrected chi connectivity index (χ2v) is 9.16. The average Bonchev–Trinajstić information content (AvgIpc) is 3.13. The van der Waals surface area contributed by atoms with Crippen molar-refractivity contribution in [2.24, 2.45) is 0 Å². The maximum absolute atomic E-state index is 12.5. The number of aliphatic hydroxyl groups excluding tert-OH is 1. The Morgan fingerprint density at radius 3 is 2.50 bits per heavy atom. The van der Waals surface area contributed by atoms with Crippen LogP contribution in [0.3, 0.4) is 0 Å². The van der Waals surface area contributed by atoms with Crippen LogP contribution in [0.25, 0.3) is 0 Å². The van der Waals surface area contributed by atoms with Crippen LogP contribution >= 0.6 is 11.6 Å². The Balaban J connectivity index is 1.72. The summed E-state index contributed by atoms with van der Waals surface area (Å²) in [5, 5.41) is 23.0. The third-order valence-corrected chi connectivity index (χ3v) is 6.57. The minimum Gasteiger partial charge on any atom is -0.480 e. The lowest BCUT2D eigenvalue weighted by molar-refractivity contribution is -0.139. The summed E-state index contributed by atoms with van der Waals surface area (Å²) in [5.74, 6) is -1.39. The molecule has 0 radical (unpaired) electrons. The predicted octanol–water partition coefficient (Wildman–Crippen LogP) is 1.28. The molecule has 0 aromatic heterocycles. The van der Waals surface area contributed by atoms with Gasteiger partial charge in [-0.1, -0.05) is 41.9 Å². The zero-order valence-electron chi connectivity index (χ0n) is 15.8. The van der Waals surface area contributed by atoms with Gasteiger partial charge in [0.15, 0.2) is 5.78 Å². The van der Waals surface area contributed by atoms with Crippen molar-refractivity contribution in [3.05, 3.63) is 64.7 Å². The number of carboxylic acids is 1. The summed E-state index contributed by atoms with van der Waals surface area (Å²) in [7, 11) is -4.09. The molecule has 1 aliphatic heterocycles. The molecule has 160 valence electrons. The van der Waals surface area contributed by atoms with Crippen LogP contribution in [0.15, 0.2) is 53.4 Å². The van der Waals surface area contributed by atoms with E-state index in [9.17, 15) is 28.2 Å². The van der Waals surface area contributed by atoms with Crippen LogP contribution in [0, 0.1) is 0 Å². The fourth-order valence-corrected chi connectivity index (χ4v) is 4.75. The molecule has 1 heterocycles. The van der Waals surface area contributed by atoms with Gasteiger partial charge < -0.3 is 15.5 Å². The number of benzene rings is 2. The number of carbonyl (C=O) groups excluding carboxylic acids is 1. The fraction of sp³-hybridized carbons (Fsp3) is 0.300. The van der Waals surface area contributed by atoms with Crippen LogP contribution in [0.2, 0.25) is 5.02 Å². The molecule has 1 saturated heterocycles. The Labute approximate surface area is 178 Å². The maximum atomic E-state index is 12.5. The molecule has 3 rings (SSSR count). The first kappa shape index (κ1) is 22.4. The molecule has 1 aliphatic rings. The summed E-state index contributed by atoms with van der Waals surface area (Å²) in [6, 6.07) is 9.85. The highest BCUT2D eigenvalue weighted by atomic mass is 35.5. The summed E-state index contributed by atoms with van der Waals surface area (Å²) < 4.78 is 27.2. The number of aliphatic hydroxyl groups is 1. The van der Waals surface area contributed by atoms with E-state index >= 15 is 0 Å². The van der Waals surface area contributed by atoms with Crippen LogP contribution in [0.4, 0.5) is 0 Å². The summed E-state index contributed by atoms with van der Waals surface area (Å²) in [5.41, 5.74) is 1.07. The van der Waals surface area contributed by atoms with Crippen molar-refractivity contribution in [3.8, 4) is 0 Å². The minimum atomic E-state index is -4.09. The molecular weight excluding hydrogens is 432 g/mol. The van der Waals surface area contributed by atoms with Gasteiger partial charge in [0.05, 0.1) is 10.9 Å². The lowest BCUT2D eigenvalue weighted by Crippen LogP contribution is -2.42. The van der Waals surface area contributed by atoms with Gasteiger partial charge in [-0.05, 0) is 35.7 Å². The summed E-state index contributed by atoms with van der Waals surface area (Å²) in [6.45, 7) is 0.520. The van der Waals surface area contributed by atoms with Gasteiger partial charge in [0, 0.05) is 18.0 Å². The summed E-state index contributed by atoms with van der Waals surface area (Å²) >= 11 is 5.82. The number of carbonyl (C=O) groups is 2. The molecule has 0 bridgehead atoms. The third-order valence-electron chi connectivity index (χ3n) is 4.86. The molecule has 3 atom stereocenters. The van der Waals surface area contributed by atoms with E-state index in [0.717, 1.165) is 0 Å². The number of nitrogens with one attached hydrogen (secondary N) is 2. The highest BCUT2D eigenvalue weighted by Crippen LogP contribution is 2.22. The summed E-state index contributed by atoms with van der Waals surface area (Å²) in [6.07, 6.45) is -0.746. The number of Topliss-reactive ketones (excluding diaryl/α,β-unsaturated/α-hetero) is 1. The van der Waals surface area contributed by atoms with E-state index in [2.05, 4.69) is 10.0 Å². The molecule has 2 aromatic carbocycles. The highest BCUT2D eigenvalue weighted by Gasteiger charge is 2.31. The fourth-order valence-electron chi connectivity index (χ4n) is 3.26. The predicted molar refractivity (Wildman–Crippen MR) is 110 cm³/mol. The first-order valence-corrected chi connectivity index (χ1v) is 11.1.